The van der Waals surface area contributed by atoms with Gasteiger partial charge in [0, 0.05) is 48.5 Å². The molecule has 0 bridgehead atoms. The van der Waals surface area contributed by atoms with Crippen LogP contribution in [0.1, 0.15) is 72.6 Å². The van der Waals surface area contributed by atoms with Gasteiger partial charge in [-0.2, -0.15) is 0 Å². The van der Waals surface area contributed by atoms with Gasteiger partial charge in [0.1, 0.15) is 11.0 Å². The van der Waals surface area contributed by atoms with E-state index >= 15 is 0 Å². The molecule has 4 unspecified atom stereocenters. The number of hydrogen-bond acceptors (Lipinski definition) is 8. The van der Waals surface area contributed by atoms with Gasteiger partial charge >= 0.3 is 0 Å². The molecule has 2 amide bonds. The van der Waals surface area contributed by atoms with Gasteiger partial charge in [0.2, 0.25) is 5.91 Å². The van der Waals surface area contributed by atoms with Crippen LogP contribution in [0.5, 0.6) is 0 Å². The summed E-state index contributed by atoms with van der Waals surface area (Å²) in [6, 6.07) is 10.7. The Morgan fingerprint density at radius 2 is 1.90 bits per heavy atom. The number of nitrogens with one attached hydrogen (secondary N) is 2. The van der Waals surface area contributed by atoms with Crippen LogP contribution in [-0.2, 0) is 15.8 Å². The third-order valence-electron chi connectivity index (χ3n) is 9.00. The maximum atomic E-state index is 14.3. The number of hydrazone groups is 1. The Kier molecular flexibility index (Phi) is 8.80. The average molecular weight is 599 g/mol. The standard InChI is InChI=1S/C29H40FN8O3P/c1-28(30,42)20-4-2-3-18(15-20)27(40)34-17-25(39)38-14-10-22-23(38)9-13-37(22)21-7-11-29(41,12-8-21)24-6-5-19(16-33-24)26(31)35-36-32/h2-6,15-16,21-23,36,41H,7-14,17,32,42H2,1H3,(H2,31,35)(H,34,40). The van der Waals surface area contributed by atoms with Crippen molar-refractivity contribution >= 4 is 26.9 Å². The van der Waals surface area contributed by atoms with Gasteiger partial charge in [-0.15, -0.1) is 5.10 Å². The van der Waals surface area contributed by atoms with E-state index in [1.54, 1.807) is 36.5 Å². The summed E-state index contributed by atoms with van der Waals surface area (Å²) in [6.45, 7) is 2.87. The zero-order valence-electron chi connectivity index (χ0n) is 23.8. The fourth-order valence-electron chi connectivity index (χ4n) is 6.73. The summed E-state index contributed by atoms with van der Waals surface area (Å²) in [5, 5.41) is 16.2. The van der Waals surface area contributed by atoms with Crippen molar-refractivity contribution in [2.45, 2.75) is 74.6 Å². The third-order valence-corrected chi connectivity index (χ3v) is 9.33. The topological polar surface area (TPSA) is 162 Å². The Morgan fingerprint density at radius 1 is 1.17 bits per heavy atom. The zero-order valence-corrected chi connectivity index (χ0v) is 25.0. The van der Waals surface area contributed by atoms with Gasteiger partial charge in [-0.1, -0.05) is 21.4 Å². The molecule has 1 aromatic carbocycles. The van der Waals surface area contributed by atoms with Gasteiger partial charge in [-0.05, 0) is 75.3 Å². The molecule has 0 radical (unpaired) electrons. The van der Waals surface area contributed by atoms with E-state index < -0.39 is 16.9 Å². The summed E-state index contributed by atoms with van der Waals surface area (Å²) in [5.74, 6) is 4.91. The lowest BCUT2D eigenvalue weighted by Gasteiger charge is -2.41. The molecule has 11 nitrogen and oxygen atoms in total. The Bertz CT molecular complexity index is 1330. The number of pyridine rings is 1. The van der Waals surface area contributed by atoms with Crippen LogP contribution < -0.4 is 22.4 Å². The van der Waals surface area contributed by atoms with Crippen molar-refractivity contribution in [1.82, 2.24) is 25.6 Å². The smallest absolute Gasteiger partial charge is 0.251 e. The van der Waals surface area contributed by atoms with E-state index in [1.807, 2.05) is 4.90 Å². The van der Waals surface area contributed by atoms with Crippen LogP contribution in [0.2, 0.25) is 0 Å². The third kappa shape index (κ3) is 6.27. The summed E-state index contributed by atoms with van der Waals surface area (Å²) < 4.78 is 14.3. The number of amidine groups is 1. The Labute approximate surface area is 247 Å². The predicted octanol–water partition coefficient (Wildman–Crippen LogP) is 1.42. The largest absolute Gasteiger partial charge is 0.384 e. The molecule has 7 N–H and O–H groups in total. The van der Waals surface area contributed by atoms with Crippen molar-refractivity contribution in [3.63, 3.8) is 0 Å². The number of likely N-dealkylation sites (tertiary alicyclic amines) is 2. The molecule has 2 aromatic rings. The SMILES string of the molecule is CC(F)(P)c1cccc(C(=O)NCC(=O)N2CCC3C2CCN3C2CCC(O)(c3ccc(/C(N)=N/NN)cn3)CC2)c1. The van der Waals surface area contributed by atoms with Crippen molar-refractivity contribution in [2.24, 2.45) is 16.7 Å². The van der Waals surface area contributed by atoms with Gasteiger partial charge in [-0.3, -0.25) is 19.5 Å². The maximum absolute atomic E-state index is 14.3. The van der Waals surface area contributed by atoms with Crippen molar-refractivity contribution in [3.8, 4) is 0 Å². The molecule has 2 saturated heterocycles. The van der Waals surface area contributed by atoms with Gasteiger partial charge < -0.3 is 21.1 Å². The van der Waals surface area contributed by atoms with Crippen LogP contribution in [0.4, 0.5) is 4.39 Å². The molecule has 1 saturated carbocycles. The van der Waals surface area contributed by atoms with Crippen molar-refractivity contribution in [3.05, 3.63) is 65.0 Å². The highest BCUT2D eigenvalue weighted by Crippen LogP contribution is 2.42. The highest BCUT2D eigenvalue weighted by molar-refractivity contribution is 7.18. The molecule has 2 aliphatic heterocycles. The number of nitrogens with zero attached hydrogens (tertiary/aromatic N) is 4. The number of fused-ring (bicyclic) bond motifs is 1. The molecule has 13 heteroatoms. The van der Waals surface area contributed by atoms with Crippen LogP contribution >= 0.6 is 9.24 Å². The minimum absolute atomic E-state index is 0.0947. The number of rotatable bonds is 8. The molecule has 0 spiro atoms. The number of hydrogen-bond donors (Lipinski definition) is 5. The molecule has 3 heterocycles. The summed E-state index contributed by atoms with van der Waals surface area (Å²) >= 11 is 0. The summed E-state index contributed by atoms with van der Waals surface area (Å²) in [6.07, 6.45) is 6.23. The highest BCUT2D eigenvalue weighted by atomic mass is 31.0. The number of nitrogens with two attached hydrogens (primary N) is 2. The molecule has 1 aromatic heterocycles. The van der Waals surface area contributed by atoms with E-state index in [0.29, 0.717) is 47.8 Å². The first-order valence-corrected chi connectivity index (χ1v) is 15.0. The van der Waals surface area contributed by atoms with E-state index in [4.69, 9.17) is 11.6 Å². The Hall–Kier alpha value is -3.18. The lowest BCUT2D eigenvalue weighted by Crippen LogP contribution is -2.47. The molecular formula is C29H40FN8O3P. The van der Waals surface area contributed by atoms with Crippen LogP contribution in [-0.4, -0.2) is 75.3 Å². The van der Waals surface area contributed by atoms with Crippen LogP contribution in [0, 0.1) is 0 Å². The van der Waals surface area contributed by atoms with Crippen molar-refractivity contribution in [2.75, 3.05) is 19.6 Å². The number of halogens is 1. The number of hydrazine groups is 1. The lowest BCUT2D eigenvalue weighted by molar-refractivity contribution is -0.130. The second-order valence-electron chi connectivity index (χ2n) is 11.7. The van der Waals surface area contributed by atoms with Crippen LogP contribution in [0.25, 0.3) is 0 Å². The first-order chi connectivity index (χ1) is 20.0. The van der Waals surface area contributed by atoms with E-state index in [2.05, 4.69) is 35.1 Å². The molecule has 5 rings (SSSR count). The number of carbonyl (C=O) groups excluding carboxylic acids is 2. The summed E-state index contributed by atoms with van der Waals surface area (Å²) in [7, 11) is 2.12. The van der Waals surface area contributed by atoms with E-state index in [-0.39, 0.29) is 30.4 Å². The first kappa shape index (κ1) is 30.3. The fraction of sp³-hybridized carbons (Fsp3) is 0.517. The monoisotopic (exact) mass is 598 g/mol. The Balaban J connectivity index is 1.13. The number of amides is 2. The average Bonchev–Trinajstić information content (AvgIpc) is 3.59. The second kappa shape index (κ2) is 12.2. The summed E-state index contributed by atoms with van der Waals surface area (Å²) in [4.78, 5) is 34.7. The molecule has 3 fully saturated rings. The lowest BCUT2D eigenvalue weighted by atomic mass is 9.79. The summed E-state index contributed by atoms with van der Waals surface area (Å²) in [5.41, 5.74) is 8.95. The zero-order chi connectivity index (χ0) is 30.1. The van der Waals surface area contributed by atoms with Gasteiger partial charge in [-0.25, -0.2) is 15.8 Å². The normalized spacial score (nSPS) is 27.8. The Morgan fingerprint density at radius 3 is 2.57 bits per heavy atom. The number of carbonyl (C=O) groups is 2. The molecule has 3 aliphatic rings. The van der Waals surface area contributed by atoms with E-state index in [0.717, 1.165) is 32.2 Å². The van der Waals surface area contributed by atoms with Gasteiger partial charge in [0.15, 0.2) is 5.84 Å². The molecule has 4 atom stereocenters. The van der Waals surface area contributed by atoms with E-state index in [1.165, 1.54) is 13.0 Å². The fourth-order valence-corrected chi connectivity index (χ4v) is 6.91. The minimum Gasteiger partial charge on any atom is -0.384 e. The second-order valence-corrected chi connectivity index (χ2v) is 12.8. The van der Waals surface area contributed by atoms with Gasteiger partial charge in [0.05, 0.1) is 12.2 Å². The molecule has 226 valence electrons. The maximum Gasteiger partial charge on any atom is 0.251 e. The number of aromatic nitrogens is 1. The highest BCUT2D eigenvalue weighted by Gasteiger charge is 2.48. The quantitative estimate of drug-likeness (QED) is 0.100. The molecule has 42 heavy (non-hydrogen) atoms. The van der Waals surface area contributed by atoms with E-state index in [9.17, 15) is 19.1 Å². The van der Waals surface area contributed by atoms with Crippen LogP contribution in [0.3, 0.4) is 0 Å². The molecular weight excluding hydrogens is 558 g/mol. The number of aliphatic hydroxyl groups is 1. The van der Waals surface area contributed by atoms with Crippen LogP contribution in [0.15, 0.2) is 47.7 Å². The number of benzene rings is 1. The van der Waals surface area contributed by atoms with Crippen molar-refractivity contribution in [1.29, 1.82) is 0 Å². The van der Waals surface area contributed by atoms with Crippen molar-refractivity contribution < 1.29 is 19.1 Å². The molecule has 1 aliphatic carbocycles. The minimum atomic E-state index is -1.64. The van der Waals surface area contributed by atoms with Gasteiger partial charge in [0.25, 0.3) is 5.91 Å². The number of alkyl halides is 1. The first-order valence-electron chi connectivity index (χ1n) is 14.4. The predicted molar refractivity (Wildman–Crippen MR) is 161 cm³/mol.